The van der Waals surface area contributed by atoms with Crippen molar-refractivity contribution >= 4 is 33.3 Å². The average molecular weight is 561 g/mol. The summed E-state index contributed by atoms with van der Waals surface area (Å²) in [7, 11) is -4.30. The number of H-pyrrole nitrogens is 1. The van der Waals surface area contributed by atoms with Crippen molar-refractivity contribution in [1.82, 2.24) is 19.5 Å². The van der Waals surface area contributed by atoms with Crippen molar-refractivity contribution in [3.63, 3.8) is 0 Å². The van der Waals surface area contributed by atoms with Gasteiger partial charge in [-0.3, -0.25) is 14.7 Å². The number of carbonyl (C=O) groups excluding carboxylic acids is 2. The van der Waals surface area contributed by atoms with Gasteiger partial charge < -0.3 is 15.4 Å². The van der Waals surface area contributed by atoms with E-state index in [1.165, 1.54) is 6.20 Å². The van der Waals surface area contributed by atoms with Gasteiger partial charge in [-0.2, -0.15) is 9.40 Å². The van der Waals surface area contributed by atoms with Gasteiger partial charge in [0.05, 0.1) is 23.1 Å². The number of rotatable bonds is 6. The van der Waals surface area contributed by atoms with Gasteiger partial charge in [0, 0.05) is 48.6 Å². The van der Waals surface area contributed by atoms with Crippen molar-refractivity contribution in [2.24, 2.45) is 5.92 Å². The van der Waals surface area contributed by atoms with Crippen molar-refractivity contribution in [2.75, 3.05) is 30.4 Å². The molecule has 0 bridgehead atoms. The van der Waals surface area contributed by atoms with Crippen LogP contribution in [0.2, 0.25) is 0 Å². The summed E-state index contributed by atoms with van der Waals surface area (Å²) in [6.45, 7) is 4.13. The first-order chi connectivity index (χ1) is 18.5. The topological polar surface area (TPSA) is 146 Å². The molecular formula is C25H26F2N6O5S. The van der Waals surface area contributed by atoms with Crippen LogP contribution >= 0.6 is 0 Å². The predicted molar refractivity (Wildman–Crippen MR) is 135 cm³/mol. The highest BCUT2D eigenvalue weighted by Gasteiger charge is 2.41. The molecule has 3 N–H and O–H groups in total. The molecule has 0 aliphatic carbocycles. The number of aromatic amines is 1. The van der Waals surface area contributed by atoms with Crippen molar-refractivity contribution in [3.8, 4) is 0 Å². The number of pyridine rings is 1. The average Bonchev–Trinajstić information content (AvgIpc) is 3.55. The summed E-state index contributed by atoms with van der Waals surface area (Å²) >= 11 is 0. The number of fused-ring (bicyclic) bond motifs is 1. The van der Waals surface area contributed by atoms with E-state index in [0.29, 0.717) is 37.0 Å². The quantitative estimate of drug-likeness (QED) is 0.420. The van der Waals surface area contributed by atoms with Crippen LogP contribution in [0.25, 0.3) is 0 Å². The molecule has 2 amide bonds. The second-order valence-electron chi connectivity index (χ2n) is 10.1. The first kappa shape index (κ1) is 26.8. The van der Waals surface area contributed by atoms with E-state index in [0.717, 1.165) is 16.4 Å². The number of hydrogen-bond acceptors (Lipinski definition) is 7. The van der Waals surface area contributed by atoms with Gasteiger partial charge in [-0.05, 0) is 30.7 Å². The second-order valence-corrected chi connectivity index (χ2v) is 12.0. The lowest BCUT2D eigenvalue weighted by Gasteiger charge is -2.36. The zero-order valence-corrected chi connectivity index (χ0v) is 21.9. The first-order valence-corrected chi connectivity index (χ1v) is 13.6. The van der Waals surface area contributed by atoms with Crippen LogP contribution in [0, 0.1) is 17.6 Å². The number of nitrogens with one attached hydrogen (secondary N) is 3. The molecule has 0 radical (unpaired) electrons. The molecule has 2 aromatic heterocycles. The number of nitrogens with zero attached hydrogens (tertiary/aromatic N) is 3. The molecule has 1 unspecified atom stereocenters. The number of ether oxygens (including phenoxy) is 1. The summed E-state index contributed by atoms with van der Waals surface area (Å²) in [6, 6.07) is 5.23. The minimum atomic E-state index is -4.30. The maximum Gasteiger partial charge on any atom is 0.277 e. The molecule has 1 aromatic carbocycles. The van der Waals surface area contributed by atoms with Gasteiger partial charge in [0.15, 0.2) is 11.5 Å². The van der Waals surface area contributed by atoms with Crippen LogP contribution in [-0.2, 0) is 31.5 Å². The van der Waals surface area contributed by atoms with Crippen LogP contribution in [0.5, 0.6) is 0 Å². The van der Waals surface area contributed by atoms with E-state index in [9.17, 15) is 26.8 Å². The minimum Gasteiger partial charge on any atom is -0.381 e. The Morgan fingerprint density at radius 2 is 1.92 bits per heavy atom. The van der Waals surface area contributed by atoms with Crippen LogP contribution in [-0.4, -0.2) is 59.5 Å². The fraction of sp³-hybridized carbons (Fsp3) is 0.360. The Balaban J connectivity index is 1.41. The highest BCUT2D eigenvalue weighted by Crippen LogP contribution is 2.38. The van der Waals surface area contributed by atoms with Crippen LogP contribution in [0.15, 0.2) is 41.4 Å². The Hall–Kier alpha value is -3.75. The summed E-state index contributed by atoms with van der Waals surface area (Å²) in [6.07, 6.45) is 1.98. The van der Waals surface area contributed by atoms with Gasteiger partial charge in [0.1, 0.15) is 11.6 Å². The van der Waals surface area contributed by atoms with E-state index in [-0.39, 0.29) is 42.1 Å². The SMILES string of the molecule is CC1(C)CN(S(=O)(=O)c2cc(F)cc(F)c2)Cc2c(NC(=O)c3ncccc3NC(=O)C3CCOC3)n[nH]c21. The monoisotopic (exact) mass is 560 g/mol. The van der Waals surface area contributed by atoms with E-state index in [4.69, 9.17) is 4.74 Å². The summed E-state index contributed by atoms with van der Waals surface area (Å²) in [5.74, 6) is -3.25. The molecule has 3 aromatic rings. The third kappa shape index (κ3) is 5.27. The number of anilines is 2. The first-order valence-electron chi connectivity index (χ1n) is 12.1. The summed E-state index contributed by atoms with van der Waals surface area (Å²) in [5, 5.41) is 12.5. The summed E-state index contributed by atoms with van der Waals surface area (Å²) in [5.41, 5.74) is 0.357. The van der Waals surface area contributed by atoms with E-state index in [2.05, 4.69) is 25.8 Å². The van der Waals surface area contributed by atoms with E-state index in [1.807, 2.05) is 0 Å². The second kappa shape index (κ2) is 10.1. The molecule has 0 spiro atoms. The number of aromatic nitrogens is 3. The molecule has 1 fully saturated rings. The third-order valence-electron chi connectivity index (χ3n) is 6.74. The highest BCUT2D eigenvalue weighted by molar-refractivity contribution is 7.89. The molecule has 5 rings (SSSR count). The van der Waals surface area contributed by atoms with Crippen molar-refractivity contribution in [2.45, 2.75) is 37.1 Å². The maximum atomic E-state index is 13.8. The molecule has 2 aliphatic rings. The number of sulfonamides is 1. The number of hydrogen-bond donors (Lipinski definition) is 3. The van der Waals surface area contributed by atoms with Crippen LogP contribution < -0.4 is 10.6 Å². The summed E-state index contributed by atoms with van der Waals surface area (Å²) < 4.78 is 60.6. The van der Waals surface area contributed by atoms with E-state index < -0.39 is 37.9 Å². The van der Waals surface area contributed by atoms with Crippen molar-refractivity contribution in [1.29, 1.82) is 0 Å². The zero-order valence-electron chi connectivity index (χ0n) is 21.1. The standard InChI is InChI=1S/C25H26F2N6O5S/c1-25(2)13-33(39(36,37)17-9-15(26)8-16(27)10-17)11-18-21(25)31-32-22(18)30-24(35)20-19(4-3-6-28-20)29-23(34)14-5-7-38-12-14/h3-4,6,8-10,14H,5,7,11-13H2,1-2H3,(H,29,34)(H2,30,31,32,35). The lowest BCUT2D eigenvalue weighted by atomic mass is 9.84. The number of benzene rings is 1. The lowest BCUT2D eigenvalue weighted by molar-refractivity contribution is -0.119. The molecule has 206 valence electrons. The van der Waals surface area contributed by atoms with Gasteiger partial charge in [-0.1, -0.05) is 13.8 Å². The Labute approximate surface area is 223 Å². The van der Waals surface area contributed by atoms with E-state index in [1.54, 1.807) is 26.0 Å². The van der Waals surface area contributed by atoms with E-state index >= 15 is 0 Å². The molecule has 4 heterocycles. The number of amides is 2. The molecule has 39 heavy (non-hydrogen) atoms. The van der Waals surface area contributed by atoms with Gasteiger partial charge in [-0.15, -0.1) is 0 Å². The normalized spacial score (nSPS) is 18.9. The fourth-order valence-corrected chi connectivity index (χ4v) is 6.37. The van der Waals surface area contributed by atoms with Gasteiger partial charge >= 0.3 is 0 Å². The van der Waals surface area contributed by atoms with Crippen LogP contribution in [0.1, 0.15) is 42.0 Å². The Kier molecular flexibility index (Phi) is 6.95. The van der Waals surface area contributed by atoms with Crippen LogP contribution in [0.4, 0.5) is 20.3 Å². The molecular weight excluding hydrogens is 534 g/mol. The Morgan fingerprint density at radius 3 is 2.62 bits per heavy atom. The third-order valence-corrected chi connectivity index (χ3v) is 8.51. The molecule has 1 saturated heterocycles. The highest BCUT2D eigenvalue weighted by atomic mass is 32.2. The Morgan fingerprint density at radius 1 is 1.18 bits per heavy atom. The van der Waals surface area contributed by atoms with Gasteiger partial charge in [0.25, 0.3) is 5.91 Å². The van der Waals surface area contributed by atoms with Crippen molar-refractivity contribution < 1.29 is 31.5 Å². The predicted octanol–water partition coefficient (Wildman–Crippen LogP) is 2.79. The molecule has 14 heteroatoms. The molecule has 0 saturated carbocycles. The fourth-order valence-electron chi connectivity index (χ4n) is 4.76. The minimum absolute atomic E-state index is 0.00263. The molecule has 1 atom stereocenters. The smallest absolute Gasteiger partial charge is 0.277 e. The lowest BCUT2D eigenvalue weighted by Crippen LogP contribution is -2.45. The number of carbonyl (C=O) groups is 2. The maximum absolute atomic E-state index is 13.8. The van der Waals surface area contributed by atoms with Gasteiger partial charge in [0.2, 0.25) is 15.9 Å². The Bertz CT molecular complexity index is 1530. The van der Waals surface area contributed by atoms with Gasteiger partial charge in [-0.25, -0.2) is 22.2 Å². The number of halogens is 2. The largest absolute Gasteiger partial charge is 0.381 e. The molecule has 2 aliphatic heterocycles. The van der Waals surface area contributed by atoms with Crippen molar-refractivity contribution in [3.05, 3.63) is 65.1 Å². The van der Waals surface area contributed by atoms with Crippen LogP contribution in [0.3, 0.4) is 0 Å². The zero-order chi connectivity index (χ0) is 27.9. The molecule has 11 nitrogen and oxygen atoms in total. The summed E-state index contributed by atoms with van der Waals surface area (Å²) in [4.78, 5) is 29.4.